The predicted molar refractivity (Wildman–Crippen MR) is 84.2 cm³/mol. The summed E-state index contributed by atoms with van der Waals surface area (Å²) in [6, 6.07) is 10.0. The number of aryl methyl sites for hydroxylation is 1. The van der Waals surface area contributed by atoms with E-state index in [1.54, 1.807) is 19.4 Å². The molecule has 1 aliphatic heterocycles. The van der Waals surface area contributed by atoms with Gasteiger partial charge in [0.2, 0.25) is 0 Å². The summed E-state index contributed by atoms with van der Waals surface area (Å²) in [6.07, 6.45) is 4.48. The molecule has 0 unspecified atom stereocenters. The number of rotatable bonds is 4. The highest BCUT2D eigenvalue weighted by atomic mass is 16.5. The minimum absolute atomic E-state index is 0.0728. The monoisotopic (exact) mass is 299 g/mol. The molecule has 2 heterocycles. The molecular formula is C18H21NO3. The largest absolute Gasteiger partial charge is 0.496 e. The maximum absolute atomic E-state index is 12.7. The molecule has 116 valence electrons. The van der Waals surface area contributed by atoms with Crippen LogP contribution in [0.5, 0.6) is 5.75 Å². The Bertz CT molecular complexity index is 662. The van der Waals surface area contributed by atoms with Crippen LogP contribution in [-0.2, 0) is 6.42 Å². The Labute approximate surface area is 130 Å². The molecule has 2 aromatic rings. The average molecular weight is 299 g/mol. The number of nitrogens with zero attached hydrogens (tertiary/aromatic N) is 1. The van der Waals surface area contributed by atoms with Gasteiger partial charge in [-0.1, -0.05) is 18.2 Å². The second kappa shape index (κ2) is 6.26. The highest BCUT2D eigenvalue weighted by Crippen LogP contribution is 2.27. The van der Waals surface area contributed by atoms with Crippen molar-refractivity contribution in [2.24, 2.45) is 0 Å². The van der Waals surface area contributed by atoms with E-state index in [1.807, 2.05) is 30.0 Å². The maximum atomic E-state index is 12.7. The minimum Gasteiger partial charge on any atom is -0.496 e. The van der Waals surface area contributed by atoms with Gasteiger partial charge in [-0.2, -0.15) is 0 Å². The van der Waals surface area contributed by atoms with Gasteiger partial charge in [0, 0.05) is 12.6 Å². The normalized spacial score (nSPS) is 17.7. The molecule has 4 nitrogen and oxygen atoms in total. The van der Waals surface area contributed by atoms with Gasteiger partial charge in [-0.25, -0.2) is 0 Å². The van der Waals surface area contributed by atoms with Crippen molar-refractivity contribution in [3.63, 3.8) is 0 Å². The number of benzene rings is 1. The Hall–Kier alpha value is -2.23. The predicted octanol–water partition coefficient (Wildman–Crippen LogP) is 3.44. The summed E-state index contributed by atoms with van der Waals surface area (Å²) in [5, 5.41) is 0. The number of amides is 1. The first kappa shape index (κ1) is 14.7. The Kier molecular flexibility index (Phi) is 4.18. The SMILES string of the molecule is COc1ccccc1C[C@@H]1CCCN1C(=O)c1ccoc1C. The molecule has 1 saturated heterocycles. The number of methoxy groups -OCH3 is 1. The topological polar surface area (TPSA) is 42.7 Å². The van der Waals surface area contributed by atoms with Crippen LogP contribution >= 0.6 is 0 Å². The van der Waals surface area contributed by atoms with Crippen LogP contribution in [0.15, 0.2) is 41.0 Å². The smallest absolute Gasteiger partial charge is 0.257 e. The fourth-order valence-corrected chi connectivity index (χ4v) is 3.20. The Morgan fingerprint density at radius 2 is 2.18 bits per heavy atom. The van der Waals surface area contributed by atoms with Gasteiger partial charge in [0.15, 0.2) is 0 Å². The van der Waals surface area contributed by atoms with Crippen molar-refractivity contribution in [3.05, 3.63) is 53.5 Å². The van der Waals surface area contributed by atoms with Crippen LogP contribution in [0.4, 0.5) is 0 Å². The fraction of sp³-hybridized carbons (Fsp3) is 0.389. The van der Waals surface area contributed by atoms with Crippen LogP contribution in [-0.4, -0.2) is 30.5 Å². The summed E-state index contributed by atoms with van der Waals surface area (Å²) < 4.78 is 10.7. The van der Waals surface area contributed by atoms with Crippen molar-refractivity contribution in [1.82, 2.24) is 4.90 Å². The first-order valence-corrected chi connectivity index (χ1v) is 7.67. The molecule has 22 heavy (non-hydrogen) atoms. The second-order valence-corrected chi connectivity index (χ2v) is 5.70. The van der Waals surface area contributed by atoms with Crippen LogP contribution in [0.25, 0.3) is 0 Å². The molecule has 0 aliphatic carbocycles. The third-order valence-corrected chi connectivity index (χ3v) is 4.38. The number of para-hydroxylation sites is 1. The summed E-state index contributed by atoms with van der Waals surface area (Å²) >= 11 is 0. The Morgan fingerprint density at radius 1 is 1.36 bits per heavy atom. The van der Waals surface area contributed by atoms with Gasteiger partial charge in [0.05, 0.1) is 18.9 Å². The zero-order chi connectivity index (χ0) is 15.5. The number of carbonyl (C=O) groups is 1. The van der Waals surface area contributed by atoms with E-state index in [2.05, 4.69) is 6.07 Å². The zero-order valence-corrected chi connectivity index (χ0v) is 13.0. The van der Waals surface area contributed by atoms with E-state index in [4.69, 9.17) is 9.15 Å². The lowest BCUT2D eigenvalue weighted by molar-refractivity contribution is 0.0734. The average Bonchev–Trinajstić information content (AvgIpc) is 3.16. The third-order valence-electron chi connectivity index (χ3n) is 4.38. The molecule has 0 N–H and O–H groups in total. The van der Waals surface area contributed by atoms with Gasteiger partial charge in [-0.05, 0) is 43.9 Å². The van der Waals surface area contributed by atoms with E-state index < -0.39 is 0 Å². The van der Waals surface area contributed by atoms with Crippen LogP contribution in [0.1, 0.15) is 34.5 Å². The molecule has 1 atom stereocenters. The first-order chi connectivity index (χ1) is 10.7. The summed E-state index contributed by atoms with van der Waals surface area (Å²) in [7, 11) is 1.69. The van der Waals surface area contributed by atoms with Gasteiger partial charge in [0.25, 0.3) is 5.91 Å². The molecule has 4 heteroatoms. The van der Waals surface area contributed by atoms with Crippen LogP contribution in [0.2, 0.25) is 0 Å². The summed E-state index contributed by atoms with van der Waals surface area (Å²) in [5.74, 6) is 1.65. The van der Waals surface area contributed by atoms with Crippen molar-refractivity contribution in [1.29, 1.82) is 0 Å². The van der Waals surface area contributed by atoms with Crippen molar-refractivity contribution in [2.45, 2.75) is 32.2 Å². The quantitative estimate of drug-likeness (QED) is 0.868. The molecule has 1 amide bonds. The Morgan fingerprint density at radius 3 is 2.91 bits per heavy atom. The number of hydrogen-bond acceptors (Lipinski definition) is 3. The van der Waals surface area contributed by atoms with E-state index in [-0.39, 0.29) is 11.9 Å². The number of likely N-dealkylation sites (tertiary alicyclic amines) is 1. The molecule has 1 fully saturated rings. The second-order valence-electron chi connectivity index (χ2n) is 5.70. The number of hydrogen-bond donors (Lipinski definition) is 0. The van der Waals surface area contributed by atoms with E-state index in [9.17, 15) is 4.79 Å². The van der Waals surface area contributed by atoms with Gasteiger partial charge in [-0.3, -0.25) is 4.79 Å². The zero-order valence-electron chi connectivity index (χ0n) is 13.0. The molecule has 0 bridgehead atoms. The first-order valence-electron chi connectivity index (χ1n) is 7.67. The molecular weight excluding hydrogens is 278 g/mol. The molecule has 0 spiro atoms. The lowest BCUT2D eigenvalue weighted by atomic mass is 10.0. The minimum atomic E-state index is 0.0728. The van der Waals surface area contributed by atoms with Crippen molar-refractivity contribution >= 4 is 5.91 Å². The van der Waals surface area contributed by atoms with E-state index in [1.165, 1.54) is 0 Å². The van der Waals surface area contributed by atoms with Gasteiger partial charge >= 0.3 is 0 Å². The van der Waals surface area contributed by atoms with Crippen LogP contribution in [0.3, 0.4) is 0 Å². The highest BCUT2D eigenvalue weighted by molar-refractivity contribution is 5.95. The molecule has 0 radical (unpaired) electrons. The maximum Gasteiger partial charge on any atom is 0.257 e. The summed E-state index contributed by atoms with van der Waals surface area (Å²) in [5.41, 5.74) is 1.82. The standard InChI is InChI=1S/C18H21NO3/c1-13-16(9-11-22-13)18(20)19-10-5-7-15(19)12-14-6-3-4-8-17(14)21-2/h3-4,6,8-9,11,15H,5,7,10,12H2,1-2H3/t15-/m0/s1. The fourth-order valence-electron chi connectivity index (χ4n) is 3.20. The summed E-state index contributed by atoms with van der Waals surface area (Å²) in [6.45, 7) is 2.64. The van der Waals surface area contributed by atoms with Gasteiger partial charge in [0.1, 0.15) is 11.5 Å². The van der Waals surface area contributed by atoms with Gasteiger partial charge in [-0.15, -0.1) is 0 Å². The van der Waals surface area contributed by atoms with E-state index in [0.29, 0.717) is 11.3 Å². The lowest BCUT2D eigenvalue weighted by Crippen LogP contribution is -2.37. The molecule has 1 aromatic carbocycles. The number of carbonyl (C=O) groups excluding carboxylic acids is 1. The van der Waals surface area contributed by atoms with Crippen LogP contribution < -0.4 is 4.74 Å². The van der Waals surface area contributed by atoms with E-state index >= 15 is 0 Å². The van der Waals surface area contributed by atoms with Crippen LogP contribution in [0, 0.1) is 6.92 Å². The van der Waals surface area contributed by atoms with Crippen molar-refractivity contribution in [2.75, 3.05) is 13.7 Å². The number of ether oxygens (including phenoxy) is 1. The molecule has 0 saturated carbocycles. The van der Waals surface area contributed by atoms with E-state index in [0.717, 1.165) is 37.1 Å². The van der Waals surface area contributed by atoms with Crippen molar-refractivity contribution in [3.8, 4) is 5.75 Å². The molecule has 1 aliphatic rings. The number of furan rings is 1. The Balaban J connectivity index is 1.79. The summed E-state index contributed by atoms with van der Waals surface area (Å²) in [4.78, 5) is 14.7. The van der Waals surface area contributed by atoms with Crippen molar-refractivity contribution < 1.29 is 13.9 Å². The lowest BCUT2D eigenvalue weighted by Gasteiger charge is -2.25. The van der Waals surface area contributed by atoms with Gasteiger partial charge < -0.3 is 14.1 Å². The third kappa shape index (κ3) is 2.73. The molecule has 3 rings (SSSR count). The molecule has 1 aromatic heterocycles. The highest BCUT2D eigenvalue weighted by Gasteiger charge is 2.31.